The Hall–Kier alpha value is -0.570. The Labute approximate surface area is 105 Å². The number of unbranched alkanes of at least 4 members (excludes halogenated alkanes) is 3. The summed E-state index contributed by atoms with van der Waals surface area (Å²) in [4.78, 5) is 12.0. The number of ether oxygens (including phenoxy) is 1. The molecule has 1 rings (SSSR count). The molecule has 2 unspecified atom stereocenters. The Morgan fingerprint density at radius 2 is 2.18 bits per heavy atom. The average molecular weight is 241 g/mol. The fraction of sp³-hybridized carbons (Fsp3) is 0.929. The molecule has 0 aliphatic carbocycles. The highest BCUT2D eigenvalue weighted by Gasteiger charge is 2.38. The quantitative estimate of drug-likeness (QED) is 0.550. The van der Waals surface area contributed by atoms with E-state index in [9.17, 15) is 4.79 Å². The highest BCUT2D eigenvalue weighted by molar-refractivity contribution is 5.80. The highest BCUT2D eigenvalue weighted by atomic mass is 16.5. The van der Waals surface area contributed by atoms with Gasteiger partial charge in [0.15, 0.2) is 0 Å². The Balaban J connectivity index is 2.21. The number of rotatable bonds is 7. The summed E-state index contributed by atoms with van der Waals surface area (Å²) in [6.07, 6.45) is 7.93. The fourth-order valence-electron chi connectivity index (χ4n) is 2.30. The molecule has 0 aromatic rings. The third kappa shape index (κ3) is 4.66. The van der Waals surface area contributed by atoms with Crippen LogP contribution < -0.4 is 5.32 Å². The molecule has 1 aliphatic heterocycles. The maximum Gasteiger partial charge on any atom is 0.326 e. The van der Waals surface area contributed by atoms with Gasteiger partial charge in [0.25, 0.3) is 0 Å². The zero-order chi connectivity index (χ0) is 12.7. The molecule has 0 radical (unpaired) electrons. The van der Waals surface area contributed by atoms with Crippen LogP contribution in [0.1, 0.15) is 65.7 Å². The third-order valence-corrected chi connectivity index (χ3v) is 3.59. The number of carbonyl (C=O) groups excluding carboxylic acids is 1. The van der Waals surface area contributed by atoms with E-state index in [1.807, 2.05) is 13.8 Å². The third-order valence-electron chi connectivity index (χ3n) is 3.59. The van der Waals surface area contributed by atoms with Crippen LogP contribution >= 0.6 is 0 Å². The van der Waals surface area contributed by atoms with Gasteiger partial charge in [0, 0.05) is 0 Å². The Morgan fingerprint density at radius 1 is 1.41 bits per heavy atom. The smallest absolute Gasteiger partial charge is 0.326 e. The van der Waals surface area contributed by atoms with Gasteiger partial charge >= 0.3 is 5.97 Å². The van der Waals surface area contributed by atoms with Gasteiger partial charge in [-0.2, -0.15) is 0 Å². The Morgan fingerprint density at radius 3 is 2.76 bits per heavy atom. The average Bonchev–Trinajstić information content (AvgIpc) is 2.73. The first kappa shape index (κ1) is 14.5. The van der Waals surface area contributed by atoms with Gasteiger partial charge in [-0.25, -0.2) is 0 Å². The van der Waals surface area contributed by atoms with Crippen LogP contribution in [-0.4, -0.2) is 24.2 Å². The molecule has 3 heteroatoms. The molecule has 1 aliphatic rings. The molecule has 1 N–H and O–H groups in total. The van der Waals surface area contributed by atoms with Gasteiger partial charge in [-0.05, 0) is 46.1 Å². The zero-order valence-electron chi connectivity index (χ0n) is 11.6. The topological polar surface area (TPSA) is 38.3 Å². The minimum Gasteiger partial charge on any atom is -0.461 e. The molecule has 0 saturated carbocycles. The first-order valence-corrected chi connectivity index (χ1v) is 7.04. The van der Waals surface area contributed by atoms with Crippen LogP contribution in [0.4, 0.5) is 0 Å². The summed E-state index contributed by atoms with van der Waals surface area (Å²) in [6.45, 7) is 7.08. The molecule has 0 spiro atoms. The van der Waals surface area contributed by atoms with Gasteiger partial charge in [0.1, 0.15) is 5.54 Å². The largest absolute Gasteiger partial charge is 0.461 e. The van der Waals surface area contributed by atoms with Crippen LogP contribution in [0.25, 0.3) is 0 Å². The van der Waals surface area contributed by atoms with Crippen molar-refractivity contribution in [3.63, 3.8) is 0 Å². The number of hydrogen-bond acceptors (Lipinski definition) is 3. The van der Waals surface area contributed by atoms with Crippen LogP contribution in [0.15, 0.2) is 0 Å². The van der Waals surface area contributed by atoms with E-state index >= 15 is 0 Å². The van der Waals surface area contributed by atoms with E-state index in [2.05, 4.69) is 12.2 Å². The monoisotopic (exact) mass is 241 g/mol. The van der Waals surface area contributed by atoms with Gasteiger partial charge in [-0.15, -0.1) is 0 Å². The molecule has 0 bridgehead atoms. The van der Waals surface area contributed by atoms with Gasteiger partial charge in [-0.3, -0.25) is 4.79 Å². The molecule has 17 heavy (non-hydrogen) atoms. The van der Waals surface area contributed by atoms with Crippen LogP contribution in [0.5, 0.6) is 0 Å². The molecule has 2 atom stereocenters. The predicted molar refractivity (Wildman–Crippen MR) is 70.0 cm³/mol. The van der Waals surface area contributed by atoms with Crippen molar-refractivity contribution in [1.82, 2.24) is 5.32 Å². The summed E-state index contributed by atoms with van der Waals surface area (Å²) >= 11 is 0. The summed E-state index contributed by atoms with van der Waals surface area (Å²) in [7, 11) is 0. The summed E-state index contributed by atoms with van der Waals surface area (Å²) in [6, 6.07) is 0. The van der Waals surface area contributed by atoms with Crippen molar-refractivity contribution in [2.75, 3.05) is 6.54 Å². The lowest BCUT2D eigenvalue weighted by Gasteiger charge is -2.24. The van der Waals surface area contributed by atoms with E-state index in [-0.39, 0.29) is 12.1 Å². The summed E-state index contributed by atoms with van der Waals surface area (Å²) in [5.74, 6) is -0.0713. The van der Waals surface area contributed by atoms with Gasteiger partial charge in [-0.1, -0.05) is 26.2 Å². The first-order valence-electron chi connectivity index (χ1n) is 7.04. The standard InChI is InChI=1S/C14H27NO2/c1-4-5-6-7-9-12(2)17-13(16)14(3)10-8-11-15-14/h12,15H,4-11H2,1-3H3. The van der Waals surface area contributed by atoms with Crippen molar-refractivity contribution < 1.29 is 9.53 Å². The molecule has 1 heterocycles. The first-order chi connectivity index (χ1) is 8.08. The normalized spacial score (nSPS) is 25.8. The summed E-state index contributed by atoms with van der Waals surface area (Å²) in [5, 5.41) is 3.24. The molecule has 0 aromatic heterocycles. The second kappa shape index (κ2) is 7.00. The van der Waals surface area contributed by atoms with Crippen LogP contribution in [0, 0.1) is 0 Å². The van der Waals surface area contributed by atoms with E-state index in [1.54, 1.807) is 0 Å². The predicted octanol–water partition coefficient (Wildman–Crippen LogP) is 3.03. The van der Waals surface area contributed by atoms with Crippen molar-refractivity contribution in [3.8, 4) is 0 Å². The molecule has 0 aromatic carbocycles. The summed E-state index contributed by atoms with van der Waals surface area (Å²) in [5.41, 5.74) is -0.433. The van der Waals surface area contributed by atoms with E-state index in [1.165, 1.54) is 19.3 Å². The lowest BCUT2D eigenvalue weighted by atomic mass is 10.0. The second-order valence-corrected chi connectivity index (χ2v) is 5.43. The molecular formula is C14H27NO2. The molecule has 0 amide bonds. The number of carbonyl (C=O) groups is 1. The van der Waals surface area contributed by atoms with Crippen molar-refractivity contribution >= 4 is 5.97 Å². The molecule has 1 saturated heterocycles. The second-order valence-electron chi connectivity index (χ2n) is 5.43. The number of nitrogens with one attached hydrogen (secondary N) is 1. The van der Waals surface area contributed by atoms with E-state index in [4.69, 9.17) is 4.74 Å². The maximum atomic E-state index is 12.0. The minimum atomic E-state index is -0.433. The van der Waals surface area contributed by atoms with E-state index in [0.29, 0.717) is 0 Å². The Bertz CT molecular complexity index is 234. The number of hydrogen-bond donors (Lipinski definition) is 1. The van der Waals surface area contributed by atoms with Crippen molar-refractivity contribution in [2.24, 2.45) is 0 Å². The van der Waals surface area contributed by atoms with Gasteiger partial charge < -0.3 is 10.1 Å². The molecule has 100 valence electrons. The minimum absolute atomic E-state index is 0.0542. The number of esters is 1. The van der Waals surface area contributed by atoms with E-state index in [0.717, 1.165) is 32.2 Å². The SMILES string of the molecule is CCCCCCC(C)OC(=O)C1(C)CCCN1. The van der Waals surface area contributed by atoms with Crippen molar-refractivity contribution in [3.05, 3.63) is 0 Å². The molecular weight excluding hydrogens is 214 g/mol. The Kier molecular flexibility index (Phi) is 5.96. The molecule has 3 nitrogen and oxygen atoms in total. The lowest BCUT2D eigenvalue weighted by molar-refractivity contribution is -0.155. The van der Waals surface area contributed by atoms with Gasteiger partial charge in [0.2, 0.25) is 0 Å². The maximum absolute atomic E-state index is 12.0. The fourth-order valence-corrected chi connectivity index (χ4v) is 2.30. The molecule has 1 fully saturated rings. The zero-order valence-corrected chi connectivity index (χ0v) is 11.6. The van der Waals surface area contributed by atoms with E-state index < -0.39 is 5.54 Å². The van der Waals surface area contributed by atoms with Crippen LogP contribution in [0.2, 0.25) is 0 Å². The highest BCUT2D eigenvalue weighted by Crippen LogP contribution is 2.21. The lowest BCUT2D eigenvalue weighted by Crippen LogP contribution is -2.46. The van der Waals surface area contributed by atoms with Gasteiger partial charge in [0.05, 0.1) is 6.10 Å². The van der Waals surface area contributed by atoms with Crippen LogP contribution in [-0.2, 0) is 9.53 Å². The van der Waals surface area contributed by atoms with Crippen molar-refractivity contribution in [1.29, 1.82) is 0 Å². The van der Waals surface area contributed by atoms with Crippen LogP contribution in [0.3, 0.4) is 0 Å². The summed E-state index contributed by atoms with van der Waals surface area (Å²) < 4.78 is 5.52. The van der Waals surface area contributed by atoms with Crippen molar-refractivity contribution in [2.45, 2.75) is 77.4 Å².